The van der Waals surface area contributed by atoms with Gasteiger partial charge in [-0.1, -0.05) is 26.7 Å². The lowest BCUT2D eigenvalue weighted by molar-refractivity contribution is -0.190. The van der Waals surface area contributed by atoms with Crippen LogP contribution in [0.1, 0.15) is 72.1 Å². The summed E-state index contributed by atoms with van der Waals surface area (Å²) in [5.74, 6) is -5.33. The van der Waals surface area contributed by atoms with Crippen LogP contribution in [0.2, 0.25) is 0 Å². The van der Waals surface area contributed by atoms with E-state index < -0.39 is 47.9 Å². The predicted molar refractivity (Wildman–Crippen MR) is 94.0 cm³/mol. The van der Waals surface area contributed by atoms with Gasteiger partial charge in [-0.3, -0.25) is 9.59 Å². The van der Waals surface area contributed by atoms with Crippen LogP contribution in [0.5, 0.6) is 0 Å². The van der Waals surface area contributed by atoms with Crippen molar-refractivity contribution in [2.75, 3.05) is 6.61 Å². The number of hydrogen-bond acceptors (Lipinski definition) is 7. The Morgan fingerprint density at radius 3 is 1.78 bits per heavy atom. The smallest absolute Gasteiger partial charge is 0.350 e. The average molecular weight is 390 g/mol. The van der Waals surface area contributed by atoms with E-state index in [0.29, 0.717) is 12.8 Å². The zero-order valence-electron chi connectivity index (χ0n) is 16.2. The summed E-state index contributed by atoms with van der Waals surface area (Å²) in [4.78, 5) is 46.9. The van der Waals surface area contributed by atoms with Gasteiger partial charge in [0.1, 0.15) is 0 Å². The Morgan fingerprint density at radius 1 is 0.889 bits per heavy atom. The third kappa shape index (κ3) is 7.94. The van der Waals surface area contributed by atoms with Crippen molar-refractivity contribution in [3.05, 3.63) is 0 Å². The number of esters is 2. The van der Waals surface area contributed by atoms with E-state index in [1.165, 1.54) is 0 Å². The zero-order chi connectivity index (χ0) is 21.1. The highest BCUT2D eigenvalue weighted by atomic mass is 16.6. The Hall–Kier alpha value is -2.16. The third-order valence-corrected chi connectivity index (χ3v) is 4.10. The van der Waals surface area contributed by atoms with Crippen LogP contribution in [0.15, 0.2) is 0 Å². The van der Waals surface area contributed by atoms with Gasteiger partial charge in [0.2, 0.25) is 5.60 Å². The standard InChI is InChI=1S/C18H30O9/c1-4-7-9-18(10-8-5-2,16(24)26-6-3)27-14(21)12-17(25,15(22)23)11-13(19)20/h25H,4-12H2,1-3H3,(H,19,20)(H,22,23). The maximum Gasteiger partial charge on any atom is 0.350 e. The van der Waals surface area contributed by atoms with Gasteiger partial charge >= 0.3 is 23.9 Å². The van der Waals surface area contributed by atoms with Gasteiger partial charge in [-0.05, 0) is 32.6 Å². The Kier molecular flexibility index (Phi) is 10.6. The van der Waals surface area contributed by atoms with Crippen LogP contribution in [-0.2, 0) is 28.7 Å². The second kappa shape index (κ2) is 11.5. The summed E-state index contributed by atoms with van der Waals surface area (Å²) >= 11 is 0. The quantitative estimate of drug-likeness (QED) is 0.378. The molecule has 0 aliphatic heterocycles. The monoisotopic (exact) mass is 390 g/mol. The molecule has 9 heteroatoms. The fraction of sp³-hybridized carbons (Fsp3) is 0.778. The minimum atomic E-state index is -2.82. The SMILES string of the molecule is CCCCC(CCCC)(OC(=O)CC(O)(CC(=O)O)C(=O)O)C(=O)OCC. The summed E-state index contributed by atoms with van der Waals surface area (Å²) < 4.78 is 10.4. The number of carbonyl (C=O) groups excluding carboxylic acids is 2. The van der Waals surface area contributed by atoms with E-state index in [2.05, 4.69) is 0 Å². The normalized spacial score (nSPS) is 13.5. The van der Waals surface area contributed by atoms with Crippen molar-refractivity contribution >= 4 is 23.9 Å². The van der Waals surface area contributed by atoms with Crippen molar-refractivity contribution in [3.63, 3.8) is 0 Å². The van der Waals surface area contributed by atoms with Crippen molar-refractivity contribution in [1.82, 2.24) is 0 Å². The lowest BCUT2D eigenvalue weighted by Gasteiger charge is -2.32. The molecule has 27 heavy (non-hydrogen) atoms. The summed E-state index contributed by atoms with van der Waals surface area (Å²) in [6.45, 7) is 5.48. The second-order valence-electron chi connectivity index (χ2n) is 6.48. The van der Waals surface area contributed by atoms with Gasteiger partial charge in [0.25, 0.3) is 0 Å². The van der Waals surface area contributed by atoms with Gasteiger partial charge in [0.15, 0.2) is 5.60 Å². The van der Waals surface area contributed by atoms with Crippen LogP contribution < -0.4 is 0 Å². The van der Waals surface area contributed by atoms with Crippen molar-refractivity contribution in [2.45, 2.75) is 83.3 Å². The lowest BCUT2D eigenvalue weighted by atomic mass is 9.90. The molecule has 0 rings (SSSR count). The van der Waals surface area contributed by atoms with Crippen LogP contribution in [0.3, 0.4) is 0 Å². The summed E-state index contributed by atoms with van der Waals surface area (Å²) in [6, 6.07) is 0. The van der Waals surface area contributed by atoms with Gasteiger partial charge in [-0.25, -0.2) is 9.59 Å². The average Bonchev–Trinajstić information content (AvgIpc) is 2.56. The number of ether oxygens (including phenoxy) is 2. The molecule has 0 aliphatic rings. The van der Waals surface area contributed by atoms with Gasteiger partial charge in [-0.15, -0.1) is 0 Å². The fourth-order valence-electron chi connectivity index (χ4n) is 2.62. The number of rotatable bonds is 14. The van der Waals surface area contributed by atoms with E-state index in [1.54, 1.807) is 6.92 Å². The highest BCUT2D eigenvalue weighted by Crippen LogP contribution is 2.30. The summed E-state index contributed by atoms with van der Waals surface area (Å²) in [7, 11) is 0. The minimum Gasteiger partial charge on any atom is -0.481 e. The number of unbranched alkanes of at least 4 members (excludes halogenated alkanes) is 2. The molecule has 156 valence electrons. The summed E-state index contributed by atoms with van der Waals surface area (Å²) in [6.07, 6.45) is 0.701. The molecule has 3 N–H and O–H groups in total. The Morgan fingerprint density at radius 2 is 1.41 bits per heavy atom. The predicted octanol–water partition coefficient (Wildman–Crippen LogP) is 1.89. The van der Waals surface area contributed by atoms with Crippen LogP contribution in [0.25, 0.3) is 0 Å². The first-order chi connectivity index (χ1) is 12.6. The van der Waals surface area contributed by atoms with Crippen LogP contribution >= 0.6 is 0 Å². The van der Waals surface area contributed by atoms with E-state index in [-0.39, 0.29) is 19.4 Å². The Bertz CT molecular complexity index is 521. The van der Waals surface area contributed by atoms with Crippen molar-refractivity contribution in [1.29, 1.82) is 0 Å². The number of hydrogen-bond donors (Lipinski definition) is 3. The summed E-state index contributed by atoms with van der Waals surface area (Å²) in [5.41, 5.74) is -4.40. The molecule has 0 amide bonds. The van der Waals surface area contributed by atoms with Gasteiger partial charge in [0, 0.05) is 0 Å². The van der Waals surface area contributed by atoms with Gasteiger partial charge in [0.05, 0.1) is 19.4 Å². The number of carboxylic acid groups (broad SMARTS) is 2. The topological polar surface area (TPSA) is 147 Å². The highest BCUT2D eigenvalue weighted by molar-refractivity contribution is 5.90. The molecule has 0 bridgehead atoms. The van der Waals surface area contributed by atoms with E-state index in [1.807, 2.05) is 13.8 Å². The zero-order valence-corrected chi connectivity index (χ0v) is 16.2. The molecule has 0 fully saturated rings. The highest BCUT2D eigenvalue weighted by Gasteiger charge is 2.46. The van der Waals surface area contributed by atoms with Crippen molar-refractivity contribution < 1.29 is 44.0 Å². The number of aliphatic hydroxyl groups is 1. The largest absolute Gasteiger partial charge is 0.481 e. The molecule has 9 nitrogen and oxygen atoms in total. The van der Waals surface area contributed by atoms with E-state index in [9.17, 15) is 24.3 Å². The molecular weight excluding hydrogens is 360 g/mol. The van der Waals surface area contributed by atoms with Crippen LogP contribution in [0.4, 0.5) is 0 Å². The van der Waals surface area contributed by atoms with E-state index in [0.717, 1.165) is 12.8 Å². The third-order valence-electron chi connectivity index (χ3n) is 4.10. The fourth-order valence-corrected chi connectivity index (χ4v) is 2.62. The first-order valence-corrected chi connectivity index (χ1v) is 9.13. The molecular formula is C18H30O9. The van der Waals surface area contributed by atoms with Gasteiger partial charge < -0.3 is 24.8 Å². The van der Waals surface area contributed by atoms with Gasteiger partial charge in [-0.2, -0.15) is 0 Å². The molecule has 0 aromatic carbocycles. The molecule has 0 saturated carbocycles. The molecule has 0 radical (unpaired) electrons. The maximum absolute atomic E-state index is 12.5. The van der Waals surface area contributed by atoms with Crippen LogP contribution in [0, 0.1) is 0 Å². The van der Waals surface area contributed by atoms with Crippen molar-refractivity contribution in [3.8, 4) is 0 Å². The molecule has 0 aromatic rings. The molecule has 1 atom stereocenters. The minimum absolute atomic E-state index is 0.0778. The molecule has 0 aromatic heterocycles. The maximum atomic E-state index is 12.5. The molecule has 0 saturated heterocycles. The molecule has 1 unspecified atom stereocenters. The molecule has 0 heterocycles. The Balaban J connectivity index is 5.58. The Labute approximate surface area is 158 Å². The lowest BCUT2D eigenvalue weighted by Crippen LogP contribution is -2.48. The van der Waals surface area contributed by atoms with Crippen molar-refractivity contribution in [2.24, 2.45) is 0 Å². The number of carboxylic acids is 2. The second-order valence-corrected chi connectivity index (χ2v) is 6.48. The molecule has 0 aliphatic carbocycles. The van der Waals surface area contributed by atoms with E-state index >= 15 is 0 Å². The van der Waals surface area contributed by atoms with Crippen LogP contribution in [-0.4, -0.2) is 57.0 Å². The van der Waals surface area contributed by atoms with E-state index in [4.69, 9.17) is 19.7 Å². The number of aliphatic carboxylic acids is 2. The first kappa shape index (κ1) is 24.8. The molecule has 0 spiro atoms. The number of carbonyl (C=O) groups is 4. The first-order valence-electron chi connectivity index (χ1n) is 9.13. The summed E-state index contributed by atoms with van der Waals surface area (Å²) in [5, 5.41) is 27.9.